The number of ether oxygens (including phenoxy) is 1. The lowest BCUT2D eigenvalue weighted by atomic mass is 9.77. The van der Waals surface area contributed by atoms with Gasteiger partial charge in [0.2, 0.25) is 5.13 Å². The van der Waals surface area contributed by atoms with E-state index in [0.717, 1.165) is 45.7 Å². The van der Waals surface area contributed by atoms with Crippen molar-refractivity contribution in [2.75, 3.05) is 12.1 Å². The molecule has 0 bridgehead atoms. The van der Waals surface area contributed by atoms with Gasteiger partial charge in [-0.25, -0.2) is 9.99 Å². The van der Waals surface area contributed by atoms with Crippen LogP contribution in [0.25, 0.3) is 11.3 Å². The standard InChI is InChI=1S/C27H21Cl2N3OS/c1-33-21-11-13-22-18(14-21)6-12-23-25(22)31-32(26(23)17-4-9-20(29)10-5-17)27-30-24(15-34-27)16-2-7-19(28)8-3-16/h2-5,7-11,13-15,23,26H,6,12H2,1H3/t23-,26+/m0/s1. The Balaban J connectivity index is 1.44. The van der Waals surface area contributed by atoms with Gasteiger partial charge in [0, 0.05) is 32.5 Å². The molecular weight excluding hydrogens is 485 g/mol. The van der Waals surface area contributed by atoms with Gasteiger partial charge in [-0.3, -0.25) is 0 Å². The summed E-state index contributed by atoms with van der Waals surface area (Å²) in [6.45, 7) is 0. The quantitative estimate of drug-likeness (QED) is 0.285. The van der Waals surface area contributed by atoms with Gasteiger partial charge in [0.15, 0.2) is 0 Å². The van der Waals surface area contributed by atoms with Crippen LogP contribution in [0.1, 0.15) is 29.2 Å². The van der Waals surface area contributed by atoms with E-state index in [2.05, 4.69) is 34.7 Å². The third-order valence-electron chi connectivity index (χ3n) is 6.56. The first-order chi connectivity index (χ1) is 16.6. The van der Waals surface area contributed by atoms with Crippen LogP contribution < -0.4 is 9.75 Å². The summed E-state index contributed by atoms with van der Waals surface area (Å²) >= 11 is 13.9. The molecule has 0 unspecified atom stereocenters. The number of aromatic nitrogens is 1. The van der Waals surface area contributed by atoms with Crippen LogP contribution in [0, 0.1) is 5.92 Å². The Labute approximate surface area is 212 Å². The minimum absolute atomic E-state index is 0.0618. The number of nitrogens with zero attached hydrogens (tertiary/aromatic N) is 3. The summed E-state index contributed by atoms with van der Waals surface area (Å²) < 4.78 is 5.46. The van der Waals surface area contributed by atoms with E-state index in [-0.39, 0.29) is 12.0 Å². The smallest absolute Gasteiger partial charge is 0.207 e. The van der Waals surface area contributed by atoms with Gasteiger partial charge in [-0.1, -0.05) is 47.5 Å². The van der Waals surface area contributed by atoms with Crippen LogP contribution in [0.3, 0.4) is 0 Å². The molecule has 0 radical (unpaired) electrons. The van der Waals surface area contributed by atoms with Gasteiger partial charge in [0.05, 0.1) is 24.6 Å². The highest BCUT2D eigenvalue weighted by molar-refractivity contribution is 7.14. The van der Waals surface area contributed by atoms with Crippen molar-refractivity contribution >= 4 is 45.4 Å². The summed E-state index contributed by atoms with van der Waals surface area (Å²) in [4.78, 5) is 4.97. The topological polar surface area (TPSA) is 37.7 Å². The Kier molecular flexibility index (Phi) is 5.56. The minimum Gasteiger partial charge on any atom is -0.497 e. The molecule has 0 spiro atoms. The van der Waals surface area contributed by atoms with Gasteiger partial charge in [-0.05, 0) is 66.4 Å². The van der Waals surface area contributed by atoms with E-state index in [1.54, 1.807) is 18.4 Å². The number of anilines is 1. The number of halogens is 2. The normalized spacial score (nSPS) is 18.9. The first-order valence-corrected chi connectivity index (χ1v) is 12.8. The van der Waals surface area contributed by atoms with Gasteiger partial charge in [-0.2, -0.15) is 5.10 Å². The van der Waals surface area contributed by atoms with Crippen molar-refractivity contribution in [3.63, 3.8) is 0 Å². The first kappa shape index (κ1) is 21.7. The first-order valence-electron chi connectivity index (χ1n) is 11.1. The molecule has 3 aromatic carbocycles. The fourth-order valence-corrected chi connectivity index (χ4v) is 5.97. The number of rotatable bonds is 4. The molecule has 1 aliphatic carbocycles. The highest BCUT2D eigenvalue weighted by Gasteiger charge is 2.43. The molecule has 2 heterocycles. The molecule has 0 amide bonds. The number of benzene rings is 3. The van der Waals surface area contributed by atoms with Crippen LogP contribution in [0.2, 0.25) is 10.0 Å². The van der Waals surface area contributed by atoms with E-state index in [4.69, 9.17) is 38.0 Å². The second kappa shape index (κ2) is 8.73. The van der Waals surface area contributed by atoms with Crippen LogP contribution in [0.15, 0.2) is 77.2 Å². The fraction of sp³-hybridized carbons (Fsp3) is 0.185. The molecule has 1 aromatic heterocycles. The molecule has 2 atom stereocenters. The Morgan fingerprint density at radius 2 is 1.71 bits per heavy atom. The number of hydrogen-bond acceptors (Lipinski definition) is 5. The summed E-state index contributed by atoms with van der Waals surface area (Å²) in [6, 6.07) is 22.3. The van der Waals surface area contributed by atoms with Crippen LogP contribution in [0.4, 0.5) is 5.13 Å². The zero-order valence-corrected chi connectivity index (χ0v) is 20.7. The van der Waals surface area contributed by atoms with Crippen molar-refractivity contribution in [3.05, 3.63) is 98.8 Å². The molecule has 6 rings (SSSR count). The molecule has 4 aromatic rings. The molecule has 7 heteroatoms. The maximum absolute atomic E-state index is 6.21. The summed E-state index contributed by atoms with van der Waals surface area (Å²) in [5.41, 5.74) is 6.75. The number of fused-ring (bicyclic) bond motifs is 3. The number of methoxy groups -OCH3 is 1. The van der Waals surface area contributed by atoms with Crippen molar-refractivity contribution in [1.29, 1.82) is 0 Å². The van der Waals surface area contributed by atoms with Crippen molar-refractivity contribution in [2.24, 2.45) is 11.0 Å². The predicted molar refractivity (Wildman–Crippen MR) is 141 cm³/mol. The van der Waals surface area contributed by atoms with Crippen molar-refractivity contribution in [3.8, 4) is 17.0 Å². The summed E-state index contributed by atoms with van der Waals surface area (Å²) in [6.07, 6.45) is 2.00. The zero-order chi connectivity index (χ0) is 23.2. The maximum Gasteiger partial charge on any atom is 0.207 e. The lowest BCUT2D eigenvalue weighted by Gasteiger charge is -2.29. The molecule has 2 aliphatic rings. The summed E-state index contributed by atoms with van der Waals surface area (Å²) in [5, 5.41) is 11.7. The van der Waals surface area contributed by atoms with E-state index in [1.807, 2.05) is 42.5 Å². The minimum atomic E-state index is 0.0618. The van der Waals surface area contributed by atoms with E-state index >= 15 is 0 Å². The second-order valence-electron chi connectivity index (χ2n) is 8.52. The van der Waals surface area contributed by atoms with E-state index < -0.39 is 0 Å². The molecule has 170 valence electrons. The SMILES string of the molecule is COc1ccc2c(c1)CC[C@H]1C2=NN(c2nc(-c3ccc(Cl)cc3)cs2)[C@@H]1c1ccc(Cl)cc1. The van der Waals surface area contributed by atoms with Gasteiger partial charge in [0.1, 0.15) is 5.75 Å². The zero-order valence-electron chi connectivity index (χ0n) is 18.4. The van der Waals surface area contributed by atoms with Gasteiger partial charge < -0.3 is 4.74 Å². The summed E-state index contributed by atoms with van der Waals surface area (Å²) in [5.74, 6) is 1.15. The number of aryl methyl sites for hydroxylation is 1. The van der Waals surface area contributed by atoms with E-state index in [1.165, 1.54) is 16.7 Å². The maximum atomic E-state index is 6.21. The molecule has 0 saturated carbocycles. The molecule has 0 saturated heterocycles. The van der Waals surface area contributed by atoms with Gasteiger partial charge in [0.25, 0.3) is 0 Å². The predicted octanol–water partition coefficient (Wildman–Crippen LogP) is 7.65. The van der Waals surface area contributed by atoms with Crippen molar-refractivity contribution in [1.82, 2.24) is 4.98 Å². The number of hydrogen-bond donors (Lipinski definition) is 0. The average Bonchev–Trinajstić information content (AvgIpc) is 3.50. The molecule has 34 heavy (non-hydrogen) atoms. The third kappa shape index (κ3) is 3.78. The van der Waals surface area contributed by atoms with Crippen LogP contribution in [-0.4, -0.2) is 17.8 Å². The number of hydrazone groups is 1. The Morgan fingerprint density at radius 3 is 2.44 bits per heavy atom. The van der Waals surface area contributed by atoms with Crippen molar-refractivity contribution in [2.45, 2.75) is 18.9 Å². The average molecular weight is 506 g/mol. The largest absolute Gasteiger partial charge is 0.497 e. The lowest BCUT2D eigenvalue weighted by Crippen LogP contribution is -2.28. The molecule has 1 aliphatic heterocycles. The van der Waals surface area contributed by atoms with Crippen LogP contribution in [0.5, 0.6) is 5.75 Å². The Hall–Kier alpha value is -2.86. The van der Waals surface area contributed by atoms with Crippen LogP contribution >= 0.6 is 34.5 Å². The lowest BCUT2D eigenvalue weighted by molar-refractivity contribution is 0.413. The molecular formula is C27H21Cl2N3OS. The van der Waals surface area contributed by atoms with Crippen LogP contribution in [-0.2, 0) is 6.42 Å². The van der Waals surface area contributed by atoms with Gasteiger partial charge >= 0.3 is 0 Å². The monoisotopic (exact) mass is 505 g/mol. The third-order valence-corrected chi connectivity index (χ3v) is 7.90. The Bertz CT molecular complexity index is 1380. The molecule has 0 fully saturated rings. The van der Waals surface area contributed by atoms with E-state index in [9.17, 15) is 0 Å². The molecule has 4 nitrogen and oxygen atoms in total. The van der Waals surface area contributed by atoms with Crippen molar-refractivity contribution < 1.29 is 4.74 Å². The fourth-order valence-electron chi connectivity index (χ4n) is 4.90. The van der Waals surface area contributed by atoms with E-state index in [0.29, 0.717) is 5.02 Å². The molecule has 0 N–H and O–H groups in total. The highest BCUT2D eigenvalue weighted by Crippen LogP contribution is 2.47. The summed E-state index contributed by atoms with van der Waals surface area (Å²) in [7, 11) is 1.71. The number of thiazole rings is 1. The highest BCUT2D eigenvalue weighted by atomic mass is 35.5. The van der Waals surface area contributed by atoms with Gasteiger partial charge in [-0.15, -0.1) is 11.3 Å². The second-order valence-corrected chi connectivity index (χ2v) is 10.2. The Morgan fingerprint density at radius 1 is 0.971 bits per heavy atom.